The van der Waals surface area contributed by atoms with Crippen LogP contribution in [0.4, 0.5) is 0 Å². The molecular formula is C15H28Cl2N4. The highest BCUT2D eigenvalue weighted by atomic mass is 35.5. The van der Waals surface area contributed by atoms with Gasteiger partial charge in [-0.2, -0.15) is 5.10 Å². The molecule has 0 spiro atoms. The number of rotatable bonds is 3. The number of aromatic nitrogens is 2. The van der Waals surface area contributed by atoms with Crippen molar-refractivity contribution in [1.82, 2.24) is 20.0 Å². The first-order chi connectivity index (χ1) is 9.31. The Hall–Kier alpha value is -0.290. The molecule has 2 aliphatic heterocycles. The van der Waals surface area contributed by atoms with E-state index in [-0.39, 0.29) is 24.8 Å². The van der Waals surface area contributed by atoms with E-state index in [2.05, 4.69) is 21.5 Å². The average Bonchev–Trinajstić information content (AvgIpc) is 2.86. The van der Waals surface area contributed by atoms with Crippen LogP contribution in [0.3, 0.4) is 0 Å². The highest BCUT2D eigenvalue weighted by molar-refractivity contribution is 5.85. The fourth-order valence-corrected chi connectivity index (χ4v) is 3.71. The molecule has 2 fully saturated rings. The molecule has 0 amide bonds. The summed E-state index contributed by atoms with van der Waals surface area (Å²) >= 11 is 0. The van der Waals surface area contributed by atoms with Gasteiger partial charge in [-0.05, 0) is 63.7 Å². The van der Waals surface area contributed by atoms with Crippen LogP contribution in [-0.4, -0.2) is 40.9 Å². The standard InChI is InChI=1S/C15H26N4.2ClH/c1-18-11-13(10-17-18)12-19-8-4-15(5-9-19)14-2-6-16-7-3-14;;/h10-11,14-16H,2-9,12H2,1H3;2*1H. The number of hydrogen-bond acceptors (Lipinski definition) is 3. The van der Waals surface area contributed by atoms with Crippen molar-refractivity contribution in [3.63, 3.8) is 0 Å². The Morgan fingerprint density at radius 3 is 2.29 bits per heavy atom. The first-order valence-electron chi connectivity index (χ1n) is 7.72. The SMILES string of the molecule is Cl.Cl.Cn1cc(CN2CCC(C3CCNCC3)CC2)cn1. The molecule has 0 radical (unpaired) electrons. The van der Waals surface area contributed by atoms with Gasteiger partial charge in [0.05, 0.1) is 6.20 Å². The summed E-state index contributed by atoms with van der Waals surface area (Å²) in [4.78, 5) is 2.59. The van der Waals surface area contributed by atoms with Crippen molar-refractivity contribution in [1.29, 1.82) is 0 Å². The van der Waals surface area contributed by atoms with Crippen LogP contribution < -0.4 is 5.32 Å². The van der Waals surface area contributed by atoms with Crippen molar-refractivity contribution in [3.05, 3.63) is 18.0 Å². The molecule has 21 heavy (non-hydrogen) atoms. The molecule has 1 aromatic heterocycles. The lowest BCUT2D eigenvalue weighted by atomic mass is 9.79. The lowest BCUT2D eigenvalue weighted by Gasteiger charge is -2.37. The summed E-state index contributed by atoms with van der Waals surface area (Å²) in [5, 5.41) is 7.73. The molecule has 4 nitrogen and oxygen atoms in total. The summed E-state index contributed by atoms with van der Waals surface area (Å²) in [7, 11) is 1.99. The molecule has 3 rings (SSSR count). The fraction of sp³-hybridized carbons (Fsp3) is 0.800. The Labute approximate surface area is 140 Å². The molecule has 1 N–H and O–H groups in total. The summed E-state index contributed by atoms with van der Waals surface area (Å²) < 4.78 is 1.90. The zero-order chi connectivity index (χ0) is 13.1. The highest BCUT2D eigenvalue weighted by Gasteiger charge is 2.27. The number of nitrogens with zero attached hydrogens (tertiary/aromatic N) is 3. The number of hydrogen-bond donors (Lipinski definition) is 1. The molecule has 0 aliphatic carbocycles. The maximum atomic E-state index is 4.25. The minimum absolute atomic E-state index is 0. The van der Waals surface area contributed by atoms with E-state index in [0.717, 1.165) is 18.4 Å². The predicted octanol–water partition coefficient (Wildman–Crippen LogP) is 2.48. The van der Waals surface area contributed by atoms with Crippen molar-refractivity contribution < 1.29 is 0 Å². The molecule has 0 atom stereocenters. The Kier molecular flexibility index (Phi) is 8.03. The number of aryl methyl sites for hydroxylation is 1. The minimum atomic E-state index is 0. The Morgan fingerprint density at radius 2 is 1.71 bits per heavy atom. The van der Waals surface area contributed by atoms with E-state index < -0.39 is 0 Å². The van der Waals surface area contributed by atoms with Crippen molar-refractivity contribution in [3.8, 4) is 0 Å². The van der Waals surface area contributed by atoms with Gasteiger partial charge in [0, 0.05) is 25.4 Å². The third kappa shape index (κ3) is 5.13. The molecule has 2 aliphatic rings. The normalized spacial score (nSPS) is 21.6. The van der Waals surface area contributed by atoms with E-state index in [1.165, 1.54) is 57.4 Å². The van der Waals surface area contributed by atoms with Gasteiger partial charge in [0.2, 0.25) is 0 Å². The zero-order valence-corrected chi connectivity index (χ0v) is 14.5. The number of nitrogens with one attached hydrogen (secondary N) is 1. The number of halogens is 2. The van der Waals surface area contributed by atoms with Gasteiger partial charge in [0.1, 0.15) is 0 Å². The van der Waals surface area contributed by atoms with Crippen LogP contribution in [-0.2, 0) is 13.6 Å². The van der Waals surface area contributed by atoms with Gasteiger partial charge in [-0.15, -0.1) is 24.8 Å². The maximum Gasteiger partial charge on any atom is 0.0534 e. The number of piperidine rings is 2. The molecule has 3 heterocycles. The molecule has 6 heteroatoms. The fourth-order valence-electron chi connectivity index (χ4n) is 3.71. The van der Waals surface area contributed by atoms with Gasteiger partial charge in [0.25, 0.3) is 0 Å². The molecule has 1 aromatic rings. The van der Waals surface area contributed by atoms with Gasteiger partial charge < -0.3 is 5.32 Å². The second-order valence-electron chi connectivity index (χ2n) is 6.22. The summed E-state index contributed by atoms with van der Waals surface area (Å²) in [5.74, 6) is 1.97. The van der Waals surface area contributed by atoms with E-state index in [9.17, 15) is 0 Å². The summed E-state index contributed by atoms with van der Waals surface area (Å²) in [6.07, 6.45) is 9.72. The second kappa shape index (κ2) is 8.99. The lowest BCUT2D eigenvalue weighted by Crippen LogP contribution is -2.39. The Morgan fingerprint density at radius 1 is 1.10 bits per heavy atom. The first-order valence-corrected chi connectivity index (χ1v) is 7.72. The topological polar surface area (TPSA) is 33.1 Å². The second-order valence-corrected chi connectivity index (χ2v) is 6.22. The van der Waals surface area contributed by atoms with Gasteiger partial charge in [-0.1, -0.05) is 0 Å². The average molecular weight is 335 g/mol. The van der Waals surface area contributed by atoms with E-state index in [0.29, 0.717) is 0 Å². The third-order valence-corrected chi connectivity index (χ3v) is 4.85. The largest absolute Gasteiger partial charge is 0.317 e. The molecule has 0 unspecified atom stereocenters. The summed E-state index contributed by atoms with van der Waals surface area (Å²) in [5.41, 5.74) is 1.35. The van der Waals surface area contributed by atoms with E-state index in [4.69, 9.17) is 0 Å². The van der Waals surface area contributed by atoms with Crippen LogP contribution in [0.15, 0.2) is 12.4 Å². The van der Waals surface area contributed by atoms with Crippen LogP contribution in [0, 0.1) is 11.8 Å². The monoisotopic (exact) mass is 334 g/mol. The Balaban J connectivity index is 0.00000110. The molecule has 0 aromatic carbocycles. The van der Waals surface area contributed by atoms with Crippen LogP contribution in [0.1, 0.15) is 31.2 Å². The van der Waals surface area contributed by atoms with E-state index in [1.54, 1.807) is 0 Å². The minimum Gasteiger partial charge on any atom is -0.317 e. The summed E-state index contributed by atoms with van der Waals surface area (Å²) in [6, 6.07) is 0. The molecule has 122 valence electrons. The lowest BCUT2D eigenvalue weighted by molar-refractivity contribution is 0.126. The molecule has 2 saturated heterocycles. The van der Waals surface area contributed by atoms with Gasteiger partial charge >= 0.3 is 0 Å². The van der Waals surface area contributed by atoms with Crippen molar-refractivity contribution >= 4 is 24.8 Å². The van der Waals surface area contributed by atoms with Gasteiger partial charge in [0.15, 0.2) is 0 Å². The predicted molar refractivity (Wildman–Crippen MR) is 91.3 cm³/mol. The van der Waals surface area contributed by atoms with Crippen LogP contribution in [0.5, 0.6) is 0 Å². The first kappa shape index (κ1) is 18.8. The van der Waals surface area contributed by atoms with Gasteiger partial charge in [-0.3, -0.25) is 9.58 Å². The van der Waals surface area contributed by atoms with Crippen LogP contribution in [0.2, 0.25) is 0 Å². The number of likely N-dealkylation sites (tertiary alicyclic amines) is 1. The zero-order valence-electron chi connectivity index (χ0n) is 12.8. The molecule has 0 saturated carbocycles. The van der Waals surface area contributed by atoms with Crippen LogP contribution in [0.25, 0.3) is 0 Å². The van der Waals surface area contributed by atoms with E-state index >= 15 is 0 Å². The van der Waals surface area contributed by atoms with Crippen molar-refractivity contribution in [2.24, 2.45) is 18.9 Å². The Bertz CT molecular complexity index is 396. The quantitative estimate of drug-likeness (QED) is 0.921. The van der Waals surface area contributed by atoms with Crippen molar-refractivity contribution in [2.75, 3.05) is 26.2 Å². The van der Waals surface area contributed by atoms with Gasteiger partial charge in [-0.25, -0.2) is 0 Å². The van der Waals surface area contributed by atoms with E-state index in [1.807, 2.05) is 17.9 Å². The van der Waals surface area contributed by atoms with Crippen molar-refractivity contribution in [2.45, 2.75) is 32.2 Å². The molecular weight excluding hydrogens is 307 g/mol. The highest BCUT2D eigenvalue weighted by Crippen LogP contribution is 2.31. The van der Waals surface area contributed by atoms with Crippen LogP contribution >= 0.6 is 24.8 Å². The maximum absolute atomic E-state index is 4.25. The molecule has 0 bridgehead atoms. The third-order valence-electron chi connectivity index (χ3n) is 4.85. The summed E-state index contributed by atoms with van der Waals surface area (Å²) in [6.45, 7) is 6.08. The smallest absolute Gasteiger partial charge is 0.0534 e.